The van der Waals surface area contributed by atoms with Crippen LogP contribution in [0.5, 0.6) is 11.5 Å². The molecule has 0 saturated carbocycles. The average molecular weight is 513 g/mol. The van der Waals surface area contributed by atoms with Gasteiger partial charge < -0.3 is 9.47 Å². The molecule has 1 N–H and O–H groups in total. The summed E-state index contributed by atoms with van der Waals surface area (Å²) in [6, 6.07) is 21.1. The first kappa shape index (κ1) is 23.8. The molecule has 0 radical (unpaired) electrons. The molecule has 0 aliphatic heterocycles. The van der Waals surface area contributed by atoms with Gasteiger partial charge in [0.25, 0.3) is 5.91 Å². The summed E-state index contributed by atoms with van der Waals surface area (Å²) in [5, 5.41) is 5.63. The van der Waals surface area contributed by atoms with Crippen LogP contribution < -0.4 is 14.9 Å². The molecule has 0 saturated heterocycles. The number of para-hydroxylation sites is 1. The number of carbonyl (C=O) groups excluding carboxylic acids is 2. The number of hydrogen-bond acceptors (Lipinski definition) is 6. The summed E-state index contributed by atoms with van der Waals surface area (Å²) in [6.45, 7) is 1.59. The highest BCUT2D eigenvalue weighted by Crippen LogP contribution is 2.36. The Balaban J connectivity index is 1.42. The number of fused-ring (bicyclic) bond motifs is 1. The van der Waals surface area contributed by atoms with E-state index in [0.29, 0.717) is 26.2 Å². The topological polar surface area (TPSA) is 77.0 Å². The second-order valence-electron chi connectivity index (χ2n) is 7.12. The van der Waals surface area contributed by atoms with Crippen LogP contribution in [0.3, 0.4) is 0 Å². The molecule has 0 aliphatic rings. The Labute approximate surface area is 209 Å². The maximum atomic E-state index is 12.8. The highest BCUT2D eigenvalue weighted by Gasteiger charge is 2.20. The number of thiophene rings is 1. The Bertz CT molecular complexity index is 1390. The molecule has 0 fully saturated rings. The quantitative estimate of drug-likeness (QED) is 0.135. The lowest BCUT2D eigenvalue weighted by Gasteiger charge is -2.13. The molecule has 172 valence electrons. The summed E-state index contributed by atoms with van der Waals surface area (Å²) in [4.78, 5) is 25.4. The molecule has 1 heterocycles. The van der Waals surface area contributed by atoms with Gasteiger partial charge in [-0.15, -0.1) is 11.3 Å². The van der Waals surface area contributed by atoms with Crippen LogP contribution in [-0.2, 0) is 4.79 Å². The molecule has 1 amide bonds. The highest BCUT2D eigenvalue weighted by molar-refractivity contribution is 7.21. The van der Waals surface area contributed by atoms with Gasteiger partial charge in [0.1, 0.15) is 16.4 Å². The zero-order valence-electron chi connectivity index (χ0n) is 17.8. The Hall–Kier alpha value is -3.39. The molecular weight excluding hydrogens is 495 g/mol. The van der Waals surface area contributed by atoms with Gasteiger partial charge in [0.2, 0.25) is 0 Å². The normalized spacial score (nSPS) is 12.0. The van der Waals surface area contributed by atoms with Crippen LogP contribution >= 0.6 is 34.5 Å². The number of rotatable bonds is 7. The molecule has 0 spiro atoms. The standard InChI is InChI=1S/C25H18Cl2N2O4S/c1-15(32-18-9-6-8-17(26)13-18)24(30)29-28-14-16-7-2-4-11-20(16)33-25(31)23-22(27)19-10-3-5-12-21(19)34-23/h2-15H,1H3,(H,29,30)/b28-14+. The van der Waals surface area contributed by atoms with E-state index in [0.717, 1.165) is 10.1 Å². The second-order valence-corrected chi connectivity index (χ2v) is 8.99. The van der Waals surface area contributed by atoms with Gasteiger partial charge in [0.15, 0.2) is 6.10 Å². The van der Waals surface area contributed by atoms with Crippen LogP contribution in [-0.4, -0.2) is 24.2 Å². The van der Waals surface area contributed by atoms with E-state index in [1.165, 1.54) is 17.6 Å². The smallest absolute Gasteiger partial charge is 0.355 e. The van der Waals surface area contributed by atoms with Gasteiger partial charge in [-0.05, 0) is 43.3 Å². The average Bonchev–Trinajstić information content (AvgIpc) is 3.17. The monoisotopic (exact) mass is 512 g/mol. The van der Waals surface area contributed by atoms with Crippen molar-refractivity contribution in [3.63, 3.8) is 0 Å². The first-order valence-electron chi connectivity index (χ1n) is 10.2. The van der Waals surface area contributed by atoms with Crippen molar-refractivity contribution in [2.45, 2.75) is 13.0 Å². The lowest BCUT2D eigenvalue weighted by molar-refractivity contribution is -0.127. The Morgan fingerprint density at radius 1 is 1.03 bits per heavy atom. The molecule has 34 heavy (non-hydrogen) atoms. The van der Waals surface area contributed by atoms with Gasteiger partial charge in [-0.2, -0.15) is 5.10 Å². The van der Waals surface area contributed by atoms with Crippen molar-refractivity contribution in [3.8, 4) is 11.5 Å². The third kappa shape index (κ3) is 5.56. The first-order valence-corrected chi connectivity index (χ1v) is 11.7. The number of hydrazone groups is 1. The number of carbonyl (C=O) groups is 2. The number of hydrogen-bond donors (Lipinski definition) is 1. The molecule has 1 aromatic heterocycles. The van der Waals surface area contributed by atoms with Crippen LogP contribution in [0.1, 0.15) is 22.2 Å². The second kappa shape index (κ2) is 10.7. The van der Waals surface area contributed by atoms with Crippen LogP contribution in [0.2, 0.25) is 10.0 Å². The SMILES string of the molecule is CC(Oc1cccc(Cl)c1)C(=O)N/N=C/c1ccccc1OC(=O)c1sc2ccccc2c1Cl. The maximum Gasteiger partial charge on any atom is 0.355 e. The highest BCUT2D eigenvalue weighted by atomic mass is 35.5. The van der Waals surface area contributed by atoms with E-state index in [2.05, 4.69) is 10.5 Å². The summed E-state index contributed by atoms with van der Waals surface area (Å²) in [7, 11) is 0. The third-order valence-electron chi connectivity index (χ3n) is 4.70. The molecule has 4 aromatic rings. The van der Waals surface area contributed by atoms with Gasteiger partial charge in [-0.3, -0.25) is 4.79 Å². The number of ether oxygens (including phenoxy) is 2. The fourth-order valence-electron chi connectivity index (χ4n) is 3.03. The Morgan fingerprint density at radius 2 is 1.79 bits per heavy atom. The number of benzene rings is 3. The van der Waals surface area contributed by atoms with Crippen molar-refractivity contribution < 1.29 is 19.1 Å². The molecule has 0 aliphatic carbocycles. The zero-order valence-corrected chi connectivity index (χ0v) is 20.2. The zero-order chi connectivity index (χ0) is 24.1. The molecular formula is C25H18Cl2N2O4S. The third-order valence-corrected chi connectivity index (χ3v) is 6.59. The summed E-state index contributed by atoms with van der Waals surface area (Å²) in [6.07, 6.45) is 0.581. The molecule has 1 unspecified atom stereocenters. The van der Waals surface area contributed by atoms with Gasteiger partial charge in [-0.1, -0.05) is 59.6 Å². The Morgan fingerprint density at radius 3 is 2.59 bits per heavy atom. The van der Waals surface area contributed by atoms with E-state index in [9.17, 15) is 9.59 Å². The van der Waals surface area contributed by atoms with E-state index in [-0.39, 0.29) is 5.75 Å². The summed E-state index contributed by atoms with van der Waals surface area (Å²) in [5.41, 5.74) is 2.91. The van der Waals surface area contributed by atoms with Gasteiger partial charge in [0, 0.05) is 20.7 Å². The Kier molecular flexibility index (Phi) is 7.47. The number of esters is 1. The van der Waals surface area contributed by atoms with E-state index >= 15 is 0 Å². The van der Waals surface area contributed by atoms with E-state index in [1.807, 2.05) is 24.3 Å². The van der Waals surface area contributed by atoms with Crippen molar-refractivity contribution in [2.75, 3.05) is 0 Å². The van der Waals surface area contributed by atoms with Crippen LogP contribution in [0, 0.1) is 0 Å². The minimum absolute atomic E-state index is 0.280. The molecule has 0 bridgehead atoms. The van der Waals surface area contributed by atoms with Crippen LogP contribution in [0.15, 0.2) is 77.9 Å². The summed E-state index contributed by atoms with van der Waals surface area (Å²) >= 11 is 13.6. The van der Waals surface area contributed by atoms with Crippen molar-refractivity contribution in [2.24, 2.45) is 5.10 Å². The van der Waals surface area contributed by atoms with Crippen LogP contribution in [0.4, 0.5) is 0 Å². The predicted octanol–water partition coefficient (Wildman–Crippen LogP) is 6.34. The molecule has 1 atom stereocenters. The number of nitrogens with one attached hydrogen (secondary N) is 1. The first-order chi connectivity index (χ1) is 16.4. The minimum atomic E-state index is -0.807. The van der Waals surface area contributed by atoms with E-state index in [4.69, 9.17) is 32.7 Å². The van der Waals surface area contributed by atoms with Gasteiger partial charge in [0.05, 0.1) is 11.2 Å². The minimum Gasteiger partial charge on any atom is -0.481 e. The fraction of sp³-hybridized carbons (Fsp3) is 0.0800. The predicted molar refractivity (Wildman–Crippen MR) is 136 cm³/mol. The van der Waals surface area contributed by atoms with E-state index < -0.39 is 18.0 Å². The molecule has 4 rings (SSSR count). The molecule has 9 heteroatoms. The number of halogens is 2. The maximum absolute atomic E-state index is 12.8. The van der Waals surface area contributed by atoms with Crippen molar-refractivity contribution >= 4 is 62.7 Å². The number of amides is 1. The fourth-order valence-corrected chi connectivity index (χ4v) is 4.59. The lowest BCUT2D eigenvalue weighted by Crippen LogP contribution is -2.33. The number of nitrogens with zero attached hydrogens (tertiary/aromatic N) is 1. The largest absolute Gasteiger partial charge is 0.481 e. The molecule has 3 aromatic carbocycles. The van der Waals surface area contributed by atoms with Crippen molar-refractivity contribution in [1.82, 2.24) is 5.43 Å². The lowest BCUT2D eigenvalue weighted by atomic mass is 10.2. The van der Waals surface area contributed by atoms with Gasteiger partial charge in [-0.25, -0.2) is 10.2 Å². The van der Waals surface area contributed by atoms with E-state index in [1.54, 1.807) is 55.5 Å². The summed E-state index contributed by atoms with van der Waals surface area (Å²) < 4.78 is 12.0. The van der Waals surface area contributed by atoms with Gasteiger partial charge >= 0.3 is 5.97 Å². The van der Waals surface area contributed by atoms with Crippen molar-refractivity contribution in [1.29, 1.82) is 0 Å². The van der Waals surface area contributed by atoms with Crippen molar-refractivity contribution in [3.05, 3.63) is 93.3 Å². The van der Waals surface area contributed by atoms with Crippen LogP contribution in [0.25, 0.3) is 10.1 Å². The molecule has 6 nitrogen and oxygen atoms in total. The summed E-state index contributed by atoms with van der Waals surface area (Å²) in [5.74, 6) is -0.277.